The van der Waals surface area contributed by atoms with Crippen LogP contribution < -0.4 is 5.32 Å². The summed E-state index contributed by atoms with van der Waals surface area (Å²) in [6.45, 7) is 6.45. The predicted molar refractivity (Wildman–Crippen MR) is 132 cm³/mol. The fourth-order valence-corrected chi connectivity index (χ4v) is 4.50. The van der Waals surface area contributed by atoms with E-state index < -0.39 is 0 Å². The van der Waals surface area contributed by atoms with E-state index in [1.165, 1.54) is 5.56 Å². The number of amides is 1. The second-order valence-corrected chi connectivity index (χ2v) is 9.47. The third-order valence-corrected chi connectivity index (χ3v) is 6.58. The summed E-state index contributed by atoms with van der Waals surface area (Å²) in [5.41, 5.74) is 3.15. The lowest BCUT2D eigenvalue weighted by atomic mass is 9.96. The Balaban J connectivity index is 1.30. The zero-order valence-corrected chi connectivity index (χ0v) is 20.1. The summed E-state index contributed by atoms with van der Waals surface area (Å²) in [5, 5.41) is 3.92. The number of hydrogen-bond donors (Lipinski definition) is 1. The number of hydrogen-bond acceptors (Lipinski definition) is 4. The van der Waals surface area contributed by atoms with Gasteiger partial charge in [-0.05, 0) is 75.9 Å². The maximum Gasteiger partial charge on any atom is 0.226 e. The van der Waals surface area contributed by atoms with Gasteiger partial charge in [0.15, 0.2) is 0 Å². The van der Waals surface area contributed by atoms with Crippen LogP contribution in [0.1, 0.15) is 43.2 Å². The first-order valence-corrected chi connectivity index (χ1v) is 12.1. The van der Waals surface area contributed by atoms with Gasteiger partial charge in [-0.25, -0.2) is 4.98 Å². The molecule has 0 spiro atoms. The molecule has 0 bridgehead atoms. The molecule has 1 aliphatic heterocycles. The molecule has 0 unspecified atom stereocenters. The Morgan fingerprint density at radius 3 is 2.73 bits per heavy atom. The number of piperidine rings is 1. The van der Waals surface area contributed by atoms with Crippen LogP contribution in [-0.2, 0) is 17.8 Å². The Kier molecular flexibility index (Phi) is 7.84. The van der Waals surface area contributed by atoms with Gasteiger partial charge in [-0.3, -0.25) is 9.69 Å². The van der Waals surface area contributed by atoms with Crippen molar-refractivity contribution in [3.05, 3.63) is 76.6 Å². The van der Waals surface area contributed by atoms with E-state index in [0.29, 0.717) is 17.5 Å². The number of carbonyl (C=O) groups is 1. The highest BCUT2D eigenvalue weighted by atomic mass is 35.5. The molecule has 1 N–H and O–H groups in total. The maximum absolute atomic E-state index is 12.9. The Bertz CT molecular complexity index is 1050. The molecule has 2 aromatic carbocycles. The van der Waals surface area contributed by atoms with Crippen molar-refractivity contribution in [1.29, 1.82) is 0 Å². The zero-order chi connectivity index (χ0) is 23.2. The zero-order valence-electron chi connectivity index (χ0n) is 19.4. The van der Waals surface area contributed by atoms with Crippen molar-refractivity contribution in [3.8, 4) is 11.5 Å². The average molecular weight is 466 g/mol. The summed E-state index contributed by atoms with van der Waals surface area (Å²) in [4.78, 5) is 20.0. The Hall–Kier alpha value is -2.63. The number of benzene rings is 2. The van der Waals surface area contributed by atoms with Gasteiger partial charge < -0.3 is 9.73 Å². The predicted octanol–water partition coefficient (Wildman–Crippen LogP) is 5.65. The number of likely N-dealkylation sites (tertiary alicyclic amines) is 1. The van der Waals surface area contributed by atoms with Crippen molar-refractivity contribution < 1.29 is 9.21 Å². The van der Waals surface area contributed by atoms with Crippen molar-refractivity contribution in [2.24, 2.45) is 5.92 Å². The molecular formula is C27H32ClN3O2. The van der Waals surface area contributed by atoms with E-state index in [2.05, 4.69) is 41.4 Å². The van der Waals surface area contributed by atoms with Crippen LogP contribution in [0, 0.1) is 12.8 Å². The van der Waals surface area contributed by atoms with Crippen LogP contribution in [0.3, 0.4) is 0 Å². The van der Waals surface area contributed by atoms with Gasteiger partial charge in [0.05, 0.1) is 11.6 Å². The summed E-state index contributed by atoms with van der Waals surface area (Å²) in [6.07, 6.45) is 3.86. The minimum Gasteiger partial charge on any atom is -0.441 e. The molecule has 1 saturated heterocycles. The van der Waals surface area contributed by atoms with Gasteiger partial charge in [-0.1, -0.05) is 41.9 Å². The van der Waals surface area contributed by atoms with Crippen LogP contribution in [-0.4, -0.2) is 34.9 Å². The van der Waals surface area contributed by atoms with Crippen LogP contribution in [0.15, 0.2) is 59.0 Å². The summed E-state index contributed by atoms with van der Waals surface area (Å²) in [7, 11) is 0. The van der Waals surface area contributed by atoms with E-state index >= 15 is 0 Å². The van der Waals surface area contributed by atoms with Crippen LogP contribution >= 0.6 is 11.6 Å². The van der Waals surface area contributed by atoms with Gasteiger partial charge in [0.25, 0.3) is 0 Å². The first-order chi connectivity index (χ1) is 16.0. The SMILES string of the molecule is Cc1oc(-c2ccc(Cl)cc2)nc1CN1CCC[C@H](C(=O)N[C@@H](C)CCc2ccccc2)C1. The van der Waals surface area contributed by atoms with Crippen LogP contribution in [0.5, 0.6) is 0 Å². The molecule has 0 aliphatic carbocycles. The summed E-state index contributed by atoms with van der Waals surface area (Å²) in [6, 6.07) is 18.1. The highest BCUT2D eigenvalue weighted by Gasteiger charge is 2.27. The van der Waals surface area contributed by atoms with Crippen molar-refractivity contribution in [2.45, 2.75) is 52.1 Å². The molecule has 1 fully saturated rings. The molecule has 1 aromatic heterocycles. The number of rotatable bonds is 8. The van der Waals surface area contributed by atoms with E-state index in [4.69, 9.17) is 21.0 Å². The van der Waals surface area contributed by atoms with Crippen molar-refractivity contribution in [3.63, 3.8) is 0 Å². The number of oxazole rings is 1. The minimum atomic E-state index is 0.0147. The molecule has 1 amide bonds. The molecular weight excluding hydrogens is 434 g/mol. The molecule has 5 nitrogen and oxygen atoms in total. The van der Waals surface area contributed by atoms with Gasteiger partial charge in [0.2, 0.25) is 11.8 Å². The average Bonchev–Trinajstić information content (AvgIpc) is 3.19. The van der Waals surface area contributed by atoms with Crippen LogP contribution in [0.25, 0.3) is 11.5 Å². The summed E-state index contributed by atoms with van der Waals surface area (Å²) >= 11 is 5.99. The molecule has 6 heteroatoms. The first-order valence-electron chi connectivity index (χ1n) is 11.8. The number of aryl methyl sites for hydroxylation is 2. The lowest BCUT2D eigenvalue weighted by molar-refractivity contribution is -0.127. The van der Waals surface area contributed by atoms with E-state index in [9.17, 15) is 4.79 Å². The highest BCUT2D eigenvalue weighted by molar-refractivity contribution is 6.30. The Morgan fingerprint density at radius 2 is 1.97 bits per heavy atom. The lowest BCUT2D eigenvalue weighted by Crippen LogP contribution is -2.45. The molecule has 0 radical (unpaired) electrons. The van der Waals surface area contributed by atoms with Gasteiger partial charge >= 0.3 is 0 Å². The Labute approximate surface area is 201 Å². The number of nitrogens with one attached hydrogen (secondary N) is 1. The second-order valence-electron chi connectivity index (χ2n) is 9.04. The van der Waals surface area contributed by atoms with Gasteiger partial charge in [-0.2, -0.15) is 0 Å². The normalized spacial score (nSPS) is 17.6. The molecule has 2 heterocycles. The van der Waals surface area contributed by atoms with Crippen molar-refractivity contribution in [2.75, 3.05) is 13.1 Å². The first kappa shape index (κ1) is 23.5. The lowest BCUT2D eigenvalue weighted by Gasteiger charge is -2.32. The molecule has 2 atom stereocenters. The second kappa shape index (κ2) is 11.0. The minimum absolute atomic E-state index is 0.0147. The van der Waals surface area contributed by atoms with Gasteiger partial charge in [-0.15, -0.1) is 0 Å². The van der Waals surface area contributed by atoms with Crippen molar-refractivity contribution >= 4 is 17.5 Å². The molecule has 4 rings (SSSR count). The van der Waals surface area contributed by atoms with E-state index in [0.717, 1.165) is 55.8 Å². The van der Waals surface area contributed by atoms with Gasteiger partial charge in [0.1, 0.15) is 5.76 Å². The molecule has 33 heavy (non-hydrogen) atoms. The summed E-state index contributed by atoms with van der Waals surface area (Å²) in [5.74, 6) is 1.61. The highest BCUT2D eigenvalue weighted by Crippen LogP contribution is 2.25. The smallest absolute Gasteiger partial charge is 0.226 e. The van der Waals surface area contributed by atoms with E-state index in [1.807, 2.05) is 37.3 Å². The van der Waals surface area contributed by atoms with E-state index in [-0.39, 0.29) is 17.9 Å². The maximum atomic E-state index is 12.9. The van der Waals surface area contributed by atoms with E-state index in [1.54, 1.807) is 0 Å². The standard InChI is InChI=1S/C27H32ClN3O2/c1-19(10-11-21-7-4-3-5-8-21)29-26(32)23-9-6-16-31(17-23)18-25-20(2)33-27(30-25)22-12-14-24(28)15-13-22/h3-5,7-8,12-15,19,23H,6,9-11,16-18H2,1-2H3,(H,29,32)/t19-,23-/m0/s1. The molecule has 174 valence electrons. The Morgan fingerprint density at radius 1 is 1.21 bits per heavy atom. The fraction of sp³-hybridized carbons (Fsp3) is 0.407. The van der Waals surface area contributed by atoms with Crippen LogP contribution in [0.4, 0.5) is 0 Å². The fourth-order valence-electron chi connectivity index (χ4n) is 4.38. The number of carbonyl (C=O) groups excluding carboxylic acids is 1. The third-order valence-electron chi connectivity index (χ3n) is 6.33. The number of nitrogens with zero attached hydrogens (tertiary/aromatic N) is 2. The monoisotopic (exact) mass is 465 g/mol. The topological polar surface area (TPSA) is 58.4 Å². The summed E-state index contributed by atoms with van der Waals surface area (Å²) < 4.78 is 5.91. The molecule has 0 saturated carbocycles. The molecule has 1 aliphatic rings. The van der Waals surface area contributed by atoms with Crippen LogP contribution in [0.2, 0.25) is 5.02 Å². The quantitative estimate of drug-likeness (QED) is 0.466. The number of aromatic nitrogens is 1. The third kappa shape index (κ3) is 6.46. The van der Waals surface area contributed by atoms with Crippen molar-refractivity contribution in [1.82, 2.24) is 15.2 Å². The van der Waals surface area contributed by atoms with Gasteiger partial charge in [0, 0.05) is 29.7 Å². The number of halogens is 1. The molecule has 3 aromatic rings. The largest absolute Gasteiger partial charge is 0.441 e.